The summed E-state index contributed by atoms with van der Waals surface area (Å²) < 4.78 is 23.5. The van der Waals surface area contributed by atoms with E-state index >= 15 is 0 Å². The zero-order valence-electron chi connectivity index (χ0n) is 13.1. The Balaban J connectivity index is 1.58. The molecule has 2 aromatic rings. The fourth-order valence-electron chi connectivity index (χ4n) is 2.36. The van der Waals surface area contributed by atoms with Gasteiger partial charge in [0, 0.05) is 6.54 Å². The molecule has 7 nitrogen and oxygen atoms in total. The molecule has 1 aromatic heterocycles. The number of oxazole rings is 1. The Labute approximate surface area is 147 Å². The number of rotatable bonds is 5. The third kappa shape index (κ3) is 4.27. The van der Waals surface area contributed by atoms with E-state index in [9.17, 15) is 14.0 Å². The normalized spacial score (nSPS) is 17.0. The lowest BCUT2D eigenvalue weighted by atomic mass is 10.1. The van der Waals surface area contributed by atoms with Gasteiger partial charge in [-0.15, -0.1) is 0 Å². The maximum atomic E-state index is 13.0. The molecule has 0 spiro atoms. The van der Waals surface area contributed by atoms with Gasteiger partial charge in [0.05, 0.1) is 5.02 Å². The van der Waals surface area contributed by atoms with Crippen LogP contribution in [0.2, 0.25) is 5.02 Å². The van der Waals surface area contributed by atoms with Crippen LogP contribution in [-0.2, 0) is 11.4 Å². The van der Waals surface area contributed by atoms with E-state index in [0.717, 1.165) is 12.5 Å². The van der Waals surface area contributed by atoms with Crippen molar-refractivity contribution in [3.63, 3.8) is 0 Å². The van der Waals surface area contributed by atoms with E-state index in [1.54, 1.807) is 0 Å². The number of hydrogen-bond acceptors (Lipinski definition) is 5. The van der Waals surface area contributed by atoms with Crippen LogP contribution in [0, 0.1) is 5.82 Å². The highest BCUT2D eigenvalue weighted by Crippen LogP contribution is 2.25. The Bertz CT molecular complexity index is 795. The van der Waals surface area contributed by atoms with E-state index < -0.39 is 17.8 Å². The zero-order chi connectivity index (χ0) is 17.8. The molecular formula is C16H15ClFN3O4. The summed E-state index contributed by atoms with van der Waals surface area (Å²) in [5.41, 5.74) is 0.0437. The Morgan fingerprint density at radius 2 is 2.36 bits per heavy atom. The number of hydrogen-bond donors (Lipinski definition) is 2. The summed E-state index contributed by atoms with van der Waals surface area (Å²) in [5.74, 6) is -0.765. The lowest BCUT2D eigenvalue weighted by Gasteiger charge is -2.22. The molecule has 2 amide bonds. The second-order valence-electron chi connectivity index (χ2n) is 5.45. The average molecular weight is 368 g/mol. The van der Waals surface area contributed by atoms with Gasteiger partial charge in [-0.2, -0.15) is 0 Å². The smallest absolute Gasteiger partial charge is 0.273 e. The van der Waals surface area contributed by atoms with Gasteiger partial charge in [-0.3, -0.25) is 9.59 Å². The molecule has 0 radical (unpaired) electrons. The fraction of sp³-hybridized carbons (Fsp3) is 0.312. The summed E-state index contributed by atoms with van der Waals surface area (Å²) in [6.45, 7) is 0.533. The molecule has 1 aromatic carbocycles. The number of benzene rings is 1. The molecule has 2 N–H and O–H groups in total. The summed E-state index contributed by atoms with van der Waals surface area (Å²) in [4.78, 5) is 27.8. The quantitative estimate of drug-likeness (QED) is 0.843. The number of ether oxygens (including phenoxy) is 1. The summed E-state index contributed by atoms with van der Waals surface area (Å²) in [7, 11) is 0. The van der Waals surface area contributed by atoms with Crippen molar-refractivity contribution in [2.24, 2.45) is 0 Å². The monoisotopic (exact) mass is 367 g/mol. The highest BCUT2D eigenvalue weighted by Gasteiger charge is 2.25. The fourth-order valence-corrected chi connectivity index (χ4v) is 2.58. The molecule has 1 atom stereocenters. The van der Waals surface area contributed by atoms with E-state index in [-0.39, 0.29) is 34.9 Å². The Morgan fingerprint density at radius 1 is 1.52 bits per heavy atom. The van der Waals surface area contributed by atoms with Gasteiger partial charge >= 0.3 is 0 Å². The Hall–Kier alpha value is -2.61. The molecule has 0 saturated carbocycles. The van der Waals surface area contributed by atoms with Crippen LogP contribution in [0.3, 0.4) is 0 Å². The van der Waals surface area contributed by atoms with Gasteiger partial charge in [0.2, 0.25) is 11.8 Å². The van der Waals surface area contributed by atoms with Crippen molar-refractivity contribution in [3.8, 4) is 5.75 Å². The maximum Gasteiger partial charge on any atom is 0.273 e. The summed E-state index contributed by atoms with van der Waals surface area (Å²) in [5, 5.41) is 5.41. The molecular weight excluding hydrogens is 353 g/mol. The van der Waals surface area contributed by atoms with Crippen LogP contribution in [0.25, 0.3) is 0 Å². The standard InChI is InChI=1S/C16H15ClFN3O4/c17-10-6-9(18)3-4-13(10)24-8-14-20-12(7-25-14)16(23)21-11-2-1-5-19-15(11)22/h3-4,6-7,11H,1-2,5,8H2,(H,19,22)(H,21,23). The molecule has 1 saturated heterocycles. The second kappa shape index (κ2) is 7.52. The zero-order valence-corrected chi connectivity index (χ0v) is 13.8. The minimum Gasteiger partial charge on any atom is -0.482 e. The third-order valence-electron chi connectivity index (χ3n) is 3.62. The lowest BCUT2D eigenvalue weighted by molar-refractivity contribution is -0.124. The number of halogens is 2. The van der Waals surface area contributed by atoms with Gasteiger partial charge in [0.1, 0.15) is 23.9 Å². The molecule has 1 aliphatic rings. The van der Waals surface area contributed by atoms with Gasteiger partial charge < -0.3 is 19.8 Å². The minimum atomic E-state index is -0.573. The van der Waals surface area contributed by atoms with E-state index in [1.165, 1.54) is 18.4 Å². The minimum absolute atomic E-state index is 0.0437. The van der Waals surface area contributed by atoms with Crippen LogP contribution in [0.4, 0.5) is 4.39 Å². The molecule has 1 unspecified atom stereocenters. The predicted molar refractivity (Wildman–Crippen MR) is 85.7 cm³/mol. The van der Waals surface area contributed by atoms with E-state index in [2.05, 4.69) is 15.6 Å². The van der Waals surface area contributed by atoms with Crippen molar-refractivity contribution in [2.45, 2.75) is 25.5 Å². The number of aromatic nitrogens is 1. The van der Waals surface area contributed by atoms with Crippen LogP contribution in [0.1, 0.15) is 29.2 Å². The van der Waals surface area contributed by atoms with E-state index in [0.29, 0.717) is 13.0 Å². The molecule has 9 heteroatoms. The van der Waals surface area contributed by atoms with Crippen molar-refractivity contribution >= 4 is 23.4 Å². The average Bonchev–Trinajstić information content (AvgIpc) is 3.05. The van der Waals surface area contributed by atoms with E-state index in [1.807, 2.05) is 0 Å². The molecule has 0 bridgehead atoms. The van der Waals surface area contributed by atoms with Crippen molar-refractivity contribution in [2.75, 3.05) is 6.54 Å². The van der Waals surface area contributed by atoms with Gasteiger partial charge in [-0.25, -0.2) is 9.37 Å². The number of nitrogens with zero attached hydrogens (tertiary/aromatic N) is 1. The molecule has 0 aliphatic carbocycles. The van der Waals surface area contributed by atoms with Gasteiger partial charge in [0.25, 0.3) is 5.91 Å². The van der Waals surface area contributed by atoms with Crippen molar-refractivity contribution in [1.29, 1.82) is 0 Å². The number of amides is 2. The van der Waals surface area contributed by atoms with Crippen LogP contribution < -0.4 is 15.4 Å². The van der Waals surface area contributed by atoms with Crippen molar-refractivity contribution in [1.82, 2.24) is 15.6 Å². The highest BCUT2D eigenvalue weighted by molar-refractivity contribution is 6.32. The second-order valence-corrected chi connectivity index (χ2v) is 5.86. The molecule has 132 valence electrons. The third-order valence-corrected chi connectivity index (χ3v) is 3.92. The Morgan fingerprint density at radius 3 is 3.12 bits per heavy atom. The first-order valence-electron chi connectivity index (χ1n) is 7.64. The summed E-state index contributed by atoms with van der Waals surface area (Å²) in [6, 6.07) is 3.15. The van der Waals surface area contributed by atoms with Crippen LogP contribution >= 0.6 is 11.6 Å². The topological polar surface area (TPSA) is 93.5 Å². The molecule has 3 rings (SSSR count). The molecule has 1 fully saturated rings. The number of piperidine rings is 1. The lowest BCUT2D eigenvalue weighted by Crippen LogP contribution is -2.50. The molecule has 2 heterocycles. The summed E-state index contributed by atoms with van der Waals surface area (Å²) in [6.07, 6.45) is 2.56. The predicted octanol–water partition coefficient (Wildman–Crippen LogP) is 2.05. The van der Waals surface area contributed by atoms with Gasteiger partial charge in [0.15, 0.2) is 12.3 Å². The number of nitrogens with one attached hydrogen (secondary N) is 2. The maximum absolute atomic E-state index is 13.0. The van der Waals surface area contributed by atoms with E-state index in [4.69, 9.17) is 20.8 Å². The number of carbonyl (C=O) groups excluding carboxylic acids is 2. The largest absolute Gasteiger partial charge is 0.482 e. The molecule has 1 aliphatic heterocycles. The highest BCUT2D eigenvalue weighted by atomic mass is 35.5. The van der Waals surface area contributed by atoms with Crippen molar-refractivity contribution in [3.05, 3.63) is 46.9 Å². The SMILES string of the molecule is O=C(NC1CCCNC1=O)c1coc(COc2ccc(F)cc2Cl)n1. The summed E-state index contributed by atoms with van der Waals surface area (Å²) >= 11 is 5.86. The van der Waals surface area contributed by atoms with Crippen molar-refractivity contribution < 1.29 is 23.1 Å². The first-order chi connectivity index (χ1) is 12.0. The van der Waals surface area contributed by atoms with Crippen LogP contribution in [0.5, 0.6) is 5.75 Å². The van der Waals surface area contributed by atoms with Gasteiger partial charge in [-0.05, 0) is 31.0 Å². The Kier molecular flexibility index (Phi) is 5.18. The van der Waals surface area contributed by atoms with Crippen LogP contribution in [-0.4, -0.2) is 29.4 Å². The van der Waals surface area contributed by atoms with Crippen LogP contribution in [0.15, 0.2) is 28.9 Å². The first-order valence-corrected chi connectivity index (χ1v) is 8.01. The molecule has 25 heavy (non-hydrogen) atoms. The van der Waals surface area contributed by atoms with Gasteiger partial charge in [-0.1, -0.05) is 11.6 Å². The number of carbonyl (C=O) groups is 2. The first kappa shape index (κ1) is 17.2.